The molecule has 0 aliphatic heterocycles. The number of hydrogen-bond acceptors (Lipinski definition) is 2. The number of ether oxygens (including phenoxy) is 1. The van der Waals surface area contributed by atoms with E-state index < -0.39 is 0 Å². The maximum Gasteiger partial charge on any atom is 0.127 e. The standard InChI is InChI=1S/C17H19NO/c1-3-16(14-9-5-4-6-10-14)18-13-15-11-7-8-12-17(15)19-2/h4-13,16H,3H2,1-2H3/t16-/m0/s1. The maximum atomic E-state index is 5.33. The van der Waals surface area contributed by atoms with Crippen LogP contribution < -0.4 is 4.74 Å². The van der Waals surface area contributed by atoms with E-state index in [1.165, 1.54) is 5.56 Å². The number of nitrogens with zero attached hydrogens (tertiary/aromatic N) is 1. The van der Waals surface area contributed by atoms with Crippen molar-refractivity contribution in [1.29, 1.82) is 0 Å². The number of aliphatic imine (C=N–C) groups is 1. The third-order valence-electron chi connectivity index (χ3n) is 3.10. The summed E-state index contributed by atoms with van der Waals surface area (Å²) in [5.74, 6) is 0.856. The molecule has 19 heavy (non-hydrogen) atoms. The summed E-state index contributed by atoms with van der Waals surface area (Å²) in [4.78, 5) is 4.69. The van der Waals surface area contributed by atoms with Gasteiger partial charge >= 0.3 is 0 Å². The molecule has 98 valence electrons. The number of hydrogen-bond donors (Lipinski definition) is 0. The van der Waals surface area contributed by atoms with Gasteiger partial charge in [0.1, 0.15) is 5.75 Å². The fraction of sp³-hybridized carbons (Fsp3) is 0.235. The molecule has 0 aromatic heterocycles. The largest absolute Gasteiger partial charge is 0.496 e. The topological polar surface area (TPSA) is 21.6 Å². The first-order chi connectivity index (χ1) is 9.35. The first kappa shape index (κ1) is 13.3. The molecule has 0 spiro atoms. The average Bonchev–Trinajstić information content (AvgIpc) is 2.49. The van der Waals surface area contributed by atoms with E-state index in [2.05, 4.69) is 36.2 Å². The molecule has 0 fully saturated rings. The second-order valence-electron chi connectivity index (χ2n) is 4.35. The van der Waals surface area contributed by atoms with Gasteiger partial charge in [-0.15, -0.1) is 0 Å². The van der Waals surface area contributed by atoms with Gasteiger partial charge < -0.3 is 4.74 Å². The van der Waals surface area contributed by atoms with Crippen molar-refractivity contribution in [2.24, 2.45) is 4.99 Å². The van der Waals surface area contributed by atoms with Crippen LogP contribution in [0.25, 0.3) is 0 Å². The Morgan fingerprint density at radius 3 is 2.42 bits per heavy atom. The molecule has 0 radical (unpaired) electrons. The molecule has 0 unspecified atom stereocenters. The Kier molecular flexibility index (Phi) is 4.73. The predicted octanol–water partition coefficient (Wildman–Crippen LogP) is 4.27. The predicted molar refractivity (Wildman–Crippen MR) is 80.1 cm³/mol. The highest BCUT2D eigenvalue weighted by molar-refractivity contribution is 5.83. The van der Waals surface area contributed by atoms with Gasteiger partial charge in [0.2, 0.25) is 0 Å². The average molecular weight is 253 g/mol. The van der Waals surface area contributed by atoms with Crippen LogP contribution in [0, 0.1) is 0 Å². The van der Waals surface area contributed by atoms with Crippen molar-refractivity contribution in [1.82, 2.24) is 0 Å². The zero-order chi connectivity index (χ0) is 13.5. The fourth-order valence-corrected chi connectivity index (χ4v) is 2.05. The summed E-state index contributed by atoms with van der Waals surface area (Å²) in [6, 6.07) is 18.5. The van der Waals surface area contributed by atoms with Crippen LogP contribution in [0.4, 0.5) is 0 Å². The fourth-order valence-electron chi connectivity index (χ4n) is 2.05. The minimum Gasteiger partial charge on any atom is -0.496 e. The van der Waals surface area contributed by atoms with E-state index in [4.69, 9.17) is 4.74 Å². The smallest absolute Gasteiger partial charge is 0.127 e. The summed E-state index contributed by atoms with van der Waals surface area (Å²) in [5.41, 5.74) is 2.26. The summed E-state index contributed by atoms with van der Waals surface area (Å²) in [7, 11) is 1.68. The Labute approximate surface area is 114 Å². The van der Waals surface area contributed by atoms with E-state index in [1.54, 1.807) is 7.11 Å². The van der Waals surface area contributed by atoms with Crippen LogP contribution in [0.15, 0.2) is 59.6 Å². The summed E-state index contributed by atoms with van der Waals surface area (Å²) >= 11 is 0. The van der Waals surface area contributed by atoms with E-state index in [0.717, 1.165) is 17.7 Å². The molecule has 2 aromatic rings. The molecule has 0 bridgehead atoms. The Hall–Kier alpha value is -2.09. The molecule has 2 nitrogen and oxygen atoms in total. The second-order valence-corrected chi connectivity index (χ2v) is 4.35. The summed E-state index contributed by atoms with van der Waals surface area (Å²) < 4.78 is 5.33. The third-order valence-corrected chi connectivity index (χ3v) is 3.10. The molecule has 2 heteroatoms. The van der Waals surface area contributed by atoms with Crippen LogP contribution >= 0.6 is 0 Å². The molecular formula is C17H19NO. The Bertz CT molecular complexity index is 534. The molecule has 0 aliphatic carbocycles. The van der Waals surface area contributed by atoms with Crippen LogP contribution in [0.1, 0.15) is 30.5 Å². The number of methoxy groups -OCH3 is 1. The molecule has 0 heterocycles. The molecular weight excluding hydrogens is 234 g/mol. The summed E-state index contributed by atoms with van der Waals surface area (Å²) in [6.07, 6.45) is 2.88. The SMILES string of the molecule is CC[C@H](N=Cc1ccccc1OC)c1ccccc1. The van der Waals surface area contributed by atoms with Gasteiger partial charge in [0, 0.05) is 11.8 Å². The quantitative estimate of drug-likeness (QED) is 0.729. The molecule has 0 N–H and O–H groups in total. The van der Waals surface area contributed by atoms with Crippen LogP contribution in [0.2, 0.25) is 0 Å². The maximum absolute atomic E-state index is 5.33. The van der Waals surface area contributed by atoms with Gasteiger partial charge in [0.25, 0.3) is 0 Å². The highest BCUT2D eigenvalue weighted by atomic mass is 16.5. The van der Waals surface area contributed by atoms with Gasteiger partial charge in [-0.2, -0.15) is 0 Å². The third kappa shape index (κ3) is 3.44. The molecule has 0 saturated carbocycles. The summed E-state index contributed by atoms with van der Waals surface area (Å²) in [5, 5.41) is 0. The monoisotopic (exact) mass is 253 g/mol. The van der Waals surface area contributed by atoms with Gasteiger partial charge in [-0.3, -0.25) is 4.99 Å². The molecule has 0 aliphatic rings. The van der Waals surface area contributed by atoms with Gasteiger partial charge in [-0.1, -0.05) is 49.4 Å². The lowest BCUT2D eigenvalue weighted by Gasteiger charge is -2.10. The van der Waals surface area contributed by atoms with Crippen LogP contribution in [-0.2, 0) is 0 Å². The zero-order valence-electron chi connectivity index (χ0n) is 11.4. The highest BCUT2D eigenvalue weighted by Gasteiger charge is 2.06. The van der Waals surface area contributed by atoms with E-state index in [1.807, 2.05) is 36.5 Å². The molecule has 1 atom stereocenters. The van der Waals surface area contributed by atoms with Gasteiger partial charge in [-0.05, 0) is 24.1 Å². The Morgan fingerprint density at radius 2 is 1.74 bits per heavy atom. The number of benzene rings is 2. The lowest BCUT2D eigenvalue weighted by Crippen LogP contribution is -1.96. The van der Waals surface area contributed by atoms with E-state index in [9.17, 15) is 0 Å². The van der Waals surface area contributed by atoms with Crippen LogP contribution in [0.3, 0.4) is 0 Å². The van der Waals surface area contributed by atoms with E-state index in [-0.39, 0.29) is 6.04 Å². The van der Waals surface area contributed by atoms with Crippen molar-refractivity contribution < 1.29 is 4.74 Å². The van der Waals surface area contributed by atoms with Gasteiger partial charge in [-0.25, -0.2) is 0 Å². The lowest BCUT2D eigenvalue weighted by molar-refractivity contribution is 0.414. The van der Waals surface area contributed by atoms with Gasteiger partial charge in [0.05, 0.1) is 13.2 Å². The zero-order valence-corrected chi connectivity index (χ0v) is 11.4. The Balaban J connectivity index is 2.21. The minimum absolute atomic E-state index is 0.200. The van der Waals surface area contributed by atoms with Crippen molar-refractivity contribution in [2.75, 3.05) is 7.11 Å². The number of para-hydroxylation sites is 1. The molecule has 2 rings (SSSR count). The molecule has 2 aromatic carbocycles. The minimum atomic E-state index is 0.200. The van der Waals surface area contributed by atoms with Crippen molar-refractivity contribution >= 4 is 6.21 Å². The number of rotatable bonds is 5. The van der Waals surface area contributed by atoms with Crippen LogP contribution in [-0.4, -0.2) is 13.3 Å². The molecule has 0 amide bonds. The van der Waals surface area contributed by atoms with Crippen molar-refractivity contribution in [3.63, 3.8) is 0 Å². The van der Waals surface area contributed by atoms with Crippen molar-refractivity contribution in [2.45, 2.75) is 19.4 Å². The lowest BCUT2D eigenvalue weighted by atomic mass is 10.1. The van der Waals surface area contributed by atoms with Gasteiger partial charge in [0.15, 0.2) is 0 Å². The van der Waals surface area contributed by atoms with Crippen molar-refractivity contribution in [3.8, 4) is 5.75 Å². The summed E-state index contributed by atoms with van der Waals surface area (Å²) in [6.45, 7) is 2.15. The van der Waals surface area contributed by atoms with E-state index in [0.29, 0.717) is 0 Å². The first-order valence-corrected chi connectivity index (χ1v) is 6.56. The Morgan fingerprint density at radius 1 is 1.05 bits per heavy atom. The van der Waals surface area contributed by atoms with E-state index >= 15 is 0 Å². The highest BCUT2D eigenvalue weighted by Crippen LogP contribution is 2.22. The normalized spacial score (nSPS) is 12.5. The van der Waals surface area contributed by atoms with Crippen molar-refractivity contribution in [3.05, 3.63) is 65.7 Å². The second kappa shape index (κ2) is 6.74. The van der Waals surface area contributed by atoms with Crippen LogP contribution in [0.5, 0.6) is 5.75 Å². The molecule has 0 saturated heterocycles. The first-order valence-electron chi connectivity index (χ1n) is 6.56.